The minimum atomic E-state index is -0.296. The number of nitrogens with one attached hydrogen (secondary N) is 1. The molecule has 1 aliphatic heterocycles. The number of fused-ring (bicyclic) bond motifs is 1. The molecule has 2 aromatic rings. The highest BCUT2D eigenvalue weighted by molar-refractivity contribution is 6.35. The Morgan fingerprint density at radius 2 is 2.04 bits per heavy atom. The van der Waals surface area contributed by atoms with Gasteiger partial charge in [-0.1, -0.05) is 30.7 Å². The Kier molecular flexibility index (Phi) is 3.23. The summed E-state index contributed by atoms with van der Waals surface area (Å²) in [5.74, 6) is 0.648. The standard InChI is InChI=1S/C18H16ClNO3/c1-18(7-8-18)11-3-2-4-12(9-11)20-17(21)15-13(19)5-6-14-16(15)23-10-22-14/h2-6,9H,7-8,10H2,1H3,(H,20,21). The van der Waals surface area contributed by atoms with E-state index in [2.05, 4.69) is 18.3 Å². The lowest BCUT2D eigenvalue weighted by molar-refractivity contribution is 0.102. The lowest BCUT2D eigenvalue weighted by Crippen LogP contribution is -2.14. The summed E-state index contributed by atoms with van der Waals surface area (Å²) in [5, 5.41) is 3.25. The fraction of sp³-hybridized carbons (Fsp3) is 0.278. The van der Waals surface area contributed by atoms with Crippen LogP contribution in [-0.2, 0) is 5.41 Å². The largest absolute Gasteiger partial charge is 0.454 e. The number of rotatable bonds is 3. The number of carbonyl (C=O) groups is 1. The number of amides is 1. The average molecular weight is 330 g/mol. The van der Waals surface area contributed by atoms with Gasteiger partial charge in [-0.2, -0.15) is 0 Å². The molecule has 1 heterocycles. The fourth-order valence-electron chi connectivity index (χ4n) is 2.80. The van der Waals surface area contributed by atoms with Crippen molar-refractivity contribution in [2.75, 3.05) is 12.1 Å². The molecule has 0 radical (unpaired) electrons. The number of carbonyl (C=O) groups excluding carboxylic acids is 1. The Morgan fingerprint density at radius 1 is 1.22 bits per heavy atom. The molecule has 2 aromatic carbocycles. The molecule has 1 amide bonds. The molecule has 0 aromatic heterocycles. The lowest BCUT2D eigenvalue weighted by atomic mass is 9.98. The van der Waals surface area contributed by atoms with Crippen molar-refractivity contribution in [2.45, 2.75) is 25.2 Å². The molecule has 0 saturated heterocycles. The molecule has 1 fully saturated rings. The molecule has 0 spiro atoms. The molecular formula is C18H16ClNO3. The van der Waals surface area contributed by atoms with E-state index in [4.69, 9.17) is 21.1 Å². The monoisotopic (exact) mass is 329 g/mol. The molecule has 0 atom stereocenters. The van der Waals surface area contributed by atoms with Gasteiger partial charge in [-0.3, -0.25) is 4.79 Å². The Hall–Kier alpha value is -2.20. The van der Waals surface area contributed by atoms with Crippen LogP contribution in [0.5, 0.6) is 11.5 Å². The molecule has 4 rings (SSSR count). The molecule has 23 heavy (non-hydrogen) atoms. The molecule has 118 valence electrons. The van der Waals surface area contributed by atoms with E-state index in [0.717, 1.165) is 5.69 Å². The predicted octanol–water partition coefficient (Wildman–Crippen LogP) is 4.37. The molecule has 1 N–H and O–H groups in total. The lowest BCUT2D eigenvalue weighted by Gasteiger charge is -2.13. The van der Waals surface area contributed by atoms with Crippen molar-refractivity contribution in [3.8, 4) is 11.5 Å². The zero-order valence-electron chi connectivity index (χ0n) is 12.7. The van der Waals surface area contributed by atoms with Crippen LogP contribution in [0.4, 0.5) is 5.69 Å². The summed E-state index contributed by atoms with van der Waals surface area (Å²) < 4.78 is 10.7. The van der Waals surface area contributed by atoms with E-state index in [1.54, 1.807) is 12.1 Å². The highest BCUT2D eigenvalue weighted by Crippen LogP contribution is 2.48. The maximum atomic E-state index is 12.6. The molecule has 1 aliphatic carbocycles. The van der Waals surface area contributed by atoms with Crippen LogP contribution >= 0.6 is 11.6 Å². The molecule has 0 bridgehead atoms. The minimum Gasteiger partial charge on any atom is -0.454 e. The van der Waals surface area contributed by atoms with Gasteiger partial charge in [0.2, 0.25) is 6.79 Å². The number of hydrogen-bond donors (Lipinski definition) is 1. The third kappa shape index (κ3) is 2.53. The van der Waals surface area contributed by atoms with Gasteiger partial charge in [-0.05, 0) is 48.1 Å². The van der Waals surface area contributed by atoms with Crippen molar-refractivity contribution in [1.82, 2.24) is 0 Å². The number of anilines is 1. The highest BCUT2D eigenvalue weighted by atomic mass is 35.5. The zero-order valence-corrected chi connectivity index (χ0v) is 13.4. The van der Waals surface area contributed by atoms with Crippen molar-refractivity contribution >= 4 is 23.2 Å². The van der Waals surface area contributed by atoms with E-state index in [0.29, 0.717) is 22.1 Å². The smallest absolute Gasteiger partial charge is 0.261 e. The second-order valence-corrected chi connectivity index (χ2v) is 6.66. The van der Waals surface area contributed by atoms with Crippen molar-refractivity contribution in [3.63, 3.8) is 0 Å². The van der Waals surface area contributed by atoms with Crippen molar-refractivity contribution in [1.29, 1.82) is 0 Å². The Labute approximate surface area is 139 Å². The van der Waals surface area contributed by atoms with Crippen molar-refractivity contribution in [3.05, 3.63) is 52.5 Å². The minimum absolute atomic E-state index is 0.101. The quantitative estimate of drug-likeness (QED) is 0.909. The third-order valence-electron chi connectivity index (χ3n) is 4.53. The second-order valence-electron chi connectivity index (χ2n) is 6.25. The van der Waals surface area contributed by atoms with Gasteiger partial charge in [-0.25, -0.2) is 0 Å². The van der Waals surface area contributed by atoms with Gasteiger partial charge in [-0.15, -0.1) is 0 Å². The maximum absolute atomic E-state index is 12.6. The fourth-order valence-corrected chi connectivity index (χ4v) is 3.04. The van der Waals surface area contributed by atoms with Crippen LogP contribution in [0.1, 0.15) is 35.7 Å². The molecule has 0 unspecified atom stereocenters. The summed E-state index contributed by atoms with van der Waals surface area (Å²) in [7, 11) is 0. The van der Waals surface area contributed by atoms with E-state index in [9.17, 15) is 4.79 Å². The number of halogens is 1. The summed E-state index contributed by atoms with van der Waals surface area (Å²) in [6, 6.07) is 11.3. The topological polar surface area (TPSA) is 47.6 Å². The van der Waals surface area contributed by atoms with Crippen LogP contribution in [-0.4, -0.2) is 12.7 Å². The van der Waals surface area contributed by atoms with Crippen molar-refractivity contribution < 1.29 is 14.3 Å². The van der Waals surface area contributed by atoms with Gasteiger partial charge in [0.1, 0.15) is 5.56 Å². The van der Waals surface area contributed by atoms with Crippen LogP contribution < -0.4 is 14.8 Å². The summed E-state index contributed by atoms with van der Waals surface area (Å²) in [5.41, 5.74) is 2.57. The molecule has 4 nitrogen and oxygen atoms in total. The Bertz CT molecular complexity index is 799. The number of hydrogen-bond acceptors (Lipinski definition) is 3. The van der Waals surface area contributed by atoms with E-state index in [-0.39, 0.29) is 18.1 Å². The first-order valence-corrected chi connectivity index (χ1v) is 7.95. The second kappa shape index (κ2) is 5.17. The van der Waals surface area contributed by atoms with Gasteiger partial charge in [0.05, 0.1) is 5.02 Å². The van der Waals surface area contributed by atoms with Gasteiger partial charge in [0.25, 0.3) is 5.91 Å². The summed E-state index contributed by atoms with van der Waals surface area (Å²) in [4.78, 5) is 12.6. The first kappa shape index (κ1) is 14.4. The zero-order chi connectivity index (χ0) is 16.0. The highest BCUT2D eigenvalue weighted by Gasteiger charge is 2.39. The van der Waals surface area contributed by atoms with Crippen LogP contribution in [0, 0.1) is 0 Å². The SMILES string of the molecule is CC1(c2cccc(NC(=O)c3c(Cl)ccc4c3OCO4)c2)CC1. The van der Waals surface area contributed by atoms with Crippen LogP contribution in [0.15, 0.2) is 36.4 Å². The molecule has 5 heteroatoms. The Morgan fingerprint density at radius 3 is 2.83 bits per heavy atom. The van der Waals surface area contributed by atoms with E-state index < -0.39 is 0 Å². The van der Waals surface area contributed by atoms with Gasteiger partial charge in [0.15, 0.2) is 11.5 Å². The van der Waals surface area contributed by atoms with E-state index in [1.165, 1.54) is 18.4 Å². The predicted molar refractivity (Wildman–Crippen MR) is 88.6 cm³/mol. The first-order chi connectivity index (χ1) is 11.1. The van der Waals surface area contributed by atoms with Gasteiger partial charge >= 0.3 is 0 Å². The molecule has 1 saturated carbocycles. The molecular weight excluding hydrogens is 314 g/mol. The average Bonchev–Trinajstić information content (AvgIpc) is 3.11. The van der Waals surface area contributed by atoms with Crippen LogP contribution in [0.2, 0.25) is 5.02 Å². The molecule has 2 aliphatic rings. The summed E-state index contributed by atoms with van der Waals surface area (Å²) >= 11 is 6.19. The summed E-state index contributed by atoms with van der Waals surface area (Å²) in [6.45, 7) is 2.34. The Balaban J connectivity index is 1.63. The third-order valence-corrected chi connectivity index (χ3v) is 4.85. The number of benzene rings is 2. The number of ether oxygens (including phenoxy) is 2. The van der Waals surface area contributed by atoms with Crippen molar-refractivity contribution in [2.24, 2.45) is 0 Å². The summed E-state index contributed by atoms with van der Waals surface area (Å²) in [6.07, 6.45) is 2.38. The van der Waals surface area contributed by atoms with Crippen LogP contribution in [0.3, 0.4) is 0 Å². The van der Waals surface area contributed by atoms with E-state index in [1.807, 2.05) is 18.2 Å². The maximum Gasteiger partial charge on any atom is 0.261 e. The van der Waals surface area contributed by atoms with Gasteiger partial charge in [0, 0.05) is 5.69 Å². The van der Waals surface area contributed by atoms with E-state index >= 15 is 0 Å². The normalized spacial score (nSPS) is 17.0. The van der Waals surface area contributed by atoms with Gasteiger partial charge < -0.3 is 14.8 Å². The first-order valence-electron chi connectivity index (χ1n) is 7.57. The van der Waals surface area contributed by atoms with Crippen LogP contribution in [0.25, 0.3) is 0 Å².